The van der Waals surface area contributed by atoms with Gasteiger partial charge in [0, 0.05) is 29.3 Å². The largest absolute Gasteiger partial charge is 0.365 e. The van der Waals surface area contributed by atoms with E-state index in [9.17, 15) is 9.59 Å². The summed E-state index contributed by atoms with van der Waals surface area (Å²) >= 11 is 3.32. The van der Waals surface area contributed by atoms with Gasteiger partial charge in [-0.2, -0.15) is 0 Å². The van der Waals surface area contributed by atoms with Gasteiger partial charge in [-0.05, 0) is 24.1 Å². The number of nitrogens with zero attached hydrogens (tertiary/aromatic N) is 1. The Bertz CT molecular complexity index is 461. The van der Waals surface area contributed by atoms with Crippen LogP contribution in [0.25, 0.3) is 0 Å². The second-order valence-electron chi connectivity index (χ2n) is 4.87. The molecule has 1 aromatic rings. The second-order valence-corrected chi connectivity index (χ2v) is 5.79. The minimum absolute atomic E-state index is 0.0454. The molecule has 0 saturated heterocycles. The van der Waals surface area contributed by atoms with Gasteiger partial charge in [-0.3, -0.25) is 9.59 Å². The fourth-order valence-electron chi connectivity index (χ4n) is 1.64. The molecule has 4 nitrogen and oxygen atoms in total. The molecule has 1 aromatic carbocycles. The normalized spacial score (nSPS) is 10.4. The highest BCUT2D eigenvalue weighted by atomic mass is 79.9. The molecule has 1 N–H and O–H groups in total. The van der Waals surface area contributed by atoms with Gasteiger partial charge in [0.2, 0.25) is 5.91 Å². The Morgan fingerprint density at radius 2 is 2.16 bits per heavy atom. The third-order valence-electron chi connectivity index (χ3n) is 2.62. The molecule has 0 aliphatic carbocycles. The Kier molecular flexibility index (Phi) is 6.02. The van der Waals surface area contributed by atoms with Crippen LogP contribution in [-0.4, -0.2) is 32.3 Å². The summed E-state index contributed by atoms with van der Waals surface area (Å²) in [6, 6.07) is 5.42. The Labute approximate surface area is 122 Å². The third-order valence-corrected chi connectivity index (χ3v) is 3.11. The molecule has 5 heteroatoms. The number of likely N-dealkylation sites (N-methyl/N-ethyl adjacent to an activating group) is 1. The van der Waals surface area contributed by atoms with E-state index in [2.05, 4.69) is 21.2 Å². The molecule has 0 spiro atoms. The minimum atomic E-state index is -0.0454. The summed E-state index contributed by atoms with van der Waals surface area (Å²) in [6.45, 7) is 4.98. The van der Waals surface area contributed by atoms with Crippen LogP contribution < -0.4 is 10.2 Å². The number of halogens is 1. The minimum Gasteiger partial charge on any atom is -0.365 e. The molecule has 0 aliphatic rings. The van der Waals surface area contributed by atoms with Crippen molar-refractivity contribution >= 4 is 33.8 Å². The van der Waals surface area contributed by atoms with E-state index >= 15 is 0 Å². The maximum atomic E-state index is 11.7. The molecular formula is C14H19BrN2O2. The number of carbonyl (C=O) groups is 2. The molecule has 0 aromatic heterocycles. The highest BCUT2D eigenvalue weighted by Gasteiger charge is 2.11. The van der Waals surface area contributed by atoms with Crippen LogP contribution >= 0.6 is 15.9 Å². The Morgan fingerprint density at radius 1 is 1.47 bits per heavy atom. The zero-order valence-corrected chi connectivity index (χ0v) is 13.0. The summed E-state index contributed by atoms with van der Waals surface area (Å²) in [5, 5.41) is 2.85. The fraction of sp³-hybridized carbons (Fsp3) is 0.429. The number of benzene rings is 1. The molecule has 0 bridgehead atoms. The van der Waals surface area contributed by atoms with Gasteiger partial charge in [-0.15, -0.1) is 0 Å². The molecular weight excluding hydrogens is 308 g/mol. The van der Waals surface area contributed by atoms with Crippen molar-refractivity contribution in [2.45, 2.75) is 13.8 Å². The van der Waals surface area contributed by atoms with Crippen LogP contribution in [0.5, 0.6) is 0 Å². The van der Waals surface area contributed by atoms with E-state index in [1.807, 2.05) is 26.0 Å². The SMILES string of the molecule is CC(C)CNC(=O)CN(C)c1ccc(Br)cc1C=O. The topological polar surface area (TPSA) is 49.4 Å². The van der Waals surface area contributed by atoms with E-state index in [0.717, 1.165) is 16.4 Å². The van der Waals surface area contributed by atoms with Crippen LogP contribution in [0.3, 0.4) is 0 Å². The number of amides is 1. The van der Waals surface area contributed by atoms with Gasteiger partial charge in [-0.1, -0.05) is 29.8 Å². The molecule has 0 heterocycles. The van der Waals surface area contributed by atoms with Gasteiger partial charge in [0.1, 0.15) is 0 Å². The third kappa shape index (κ3) is 5.03. The van der Waals surface area contributed by atoms with Crippen LogP contribution in [0.15, 0.2) is 22.7 Å². The lowest BCUT2D eigenvalue weighted by Crippen LogP contribution is -2.37. The molecule has 104 valence electrons. The zero-order valence-electron chi connectivity index (χ0n) is 11.4. The molecule has 0 radical (unpaired) electrons. The molecule has 0 atom stereocenters. The summed E-state index contributed by atoms with van der Waals surface area (Å²) in [5.74, 6) is 0.378. The first-order valence-corrected chi connectivity index (χ1v) is 6.96. The Morgan fingerprint density at radius 3 is 2.74 bits per heavy atom. The molecule has 0 fully saturated rings. The first kappa shape index (κ1) is 15.7. The molecule has 1 amide bonds. The number of hydrogen-bond donors (Lipinski definition) is 1. The van der Waals surface area contributed by atoms with Crippen molar-refractivity contribution in [2.24, 2.45) is 5.92 Å². The number of aldehydes is 1. The van der Waals surface area contributed by atoms with Gasteiger partial charge in [-0.25, -0.2) is 0 Å². The number of nitrogens with one attached hydrogen (secondary N) is 1. The first-order valence-electron chi connectivity index (χ1n) is 6.16. The van der Waals surface area contributed by atoms with Crippen LogP contribution in [-0.2, 0) is 4.79 Å². The number of rotatable bonds is 6. The lowest BCUT2D eigenvalue weighted by molar-refractivity contribution is -0.119. The molecule has 1 rings (SSSR count). The second kappa shape index (κ2) is 7.28. The van der Waals surface area contributed by atoms with E-state index in [0.29, 0.717) is 18.0 Å². The standard InChI is InChI=1S/C14H19BrN2O2/c1-10(2)7-16-14(19)8-17(3)13-5-4-12(15)6-11(13)9-18/h4-6,9-10H,7-8H2,1-3H3,(H,16,19). The van der Waals surface area contributed by atoms with Crippen LogP contribution in [0.4, 0.5) is 5.69 Å². The van der Waals surface area contributed by atoms with Gasteiger partial charge in [0.05, 0.1) is 6.54 Å². The van der Waals surface area contributed by atoms with E-state index in [1.54, 1.807) is 18.0 Å². The van der Waals surface area contributed by atoms with Gasteiger partial charge >= 0.3 is 0 Å². The zero-order chi connectivity index (χ0) is 14.4. The predicted octanol–water partition coefficient (Wildman–Crippen LogP) is 2.47. The fourth-order valence-corrected chi connectivity index (χ4v) is 2.02. The summed E-state index contributed by atoms with van der Waals surface area (Å²) in [7, 11) is 1.80. The predicted molar refractivity (Wildman–Crippen MR) is 80.6 cm³/mol. The maximum absolute atomic E-state index is 11.7. The van der Waals surface area contributed by atoms with Crippen molar-refractivity contribution in [2.75, 3.05) is 25.0 Å². The van der Waals surface area contributed by atoms with Crippen LogP contribution in [0.2, 0.25) is 0 Å². The van der Waals surface area contributed by atoms with Gasteiger partial charge in [0.25, 0.3) is 0 Å². The van der Waals surface area contributed by atoms with Crippen molar-refractivity contribution in [3.05, 3.63) is 28.2 Å². The van der Waals surface area contributed by atoms with Crippen LogP contribution in [0.1, 0.15) is 24.2 Å². The Hall–Kier alpha value is -1.36. The monoisotopic (exact) mass is 326 g/mol. The lowest BCUT2D eigenvalue weighted by atomic mass is 10.2. The number of anilines is 1. The molecule has 0 aliphatic heterocycles. The van der Waals surface area contributed by atoms with Crippen molar-refractivity contribution in [3.8, 4) is 0 Å². The van der Waals surface area contributed by atoms with Crippen molar-refractivity contribution in [3.63, 3.8) is 0 Å². The molecule has 0 unspecified atom stereocenters. The molecule has 19 heavy (non-hydrogen) atoms. The van der Waals surface area contributed by atoms with Gasteiger partial charge < -0.3 is 10.2 Å². The average Bonchev–Trinajstić information content (AvgIpc) is 2.35. The van der Waals surface area contributed by atoms with Crippen molar-refractivity contribution < 1.29 is 9.59 Å². The summed E-state index contributed by atoms with van der Waals surface area (Å²) in [5.41, 5.74) is 1.31. The summed E-state index contributed by atoms with van der Waals surface area (Å²) in [4.78, 5) is 24.6. The van der Waals surface area contributed by atoms with E-state index in [4.69, 9.17) is 0 Å². The number of carbonyl (C=O) groups excluding carboxylic acids is 2. The van der Waals surface area contributed by atoms with E-state index in [-0.39, 0.29) is 12.5 Å². The smallest absolute Gasteiger partial charge is 0.239 e. The Balaban J connectivity index is 2.70. The van der Waals surface area contributed by atoms with Crippen molar-refractivity contribution in [1.82, 2.24) is 5.32 Å². The maximum Gasteiger partial charge on any atom is 0.239 e. The van der Waals surface area contributed by atoms with Crippen molar-refractivity contribution in [1.29, 1.82) is 0 Å². The van der Waals surface area contributed by atoms with Crippen LogP contribution in [0, 0.1) is 5.92 Å². The first-order chi connectivity index (χ1) is 8.93. The van der Waals surface area contributed by atoms with Gasteiger partial charge in [0.15, 0.2) is 6.29 Å². The highest BCUT2D eigenvalue weighted by molar-refractivity contribution is 9.10. The van der Waals surface area contributed by atoms with E-state index in [1.165, 1.54) is 0 Å². The van der Waals surface area contributed by atoms with E-state index < -0.39 is 0 Å². The summed E-state index contributed by atoms with van der Waals surface area (Å²) in [6.07, 6.45) is 0.794. The quantitative estimate of drug-likeness (QED) is 0.817. The number of hydrogen-bond acceptors (Lipinski definition) is 3. The average molecular weight is 327 g/mol. The molecule has 0 saturated carbocycles. The summed E-state index contributed by atoms with van der Waals surface area (Å²) < 4.78 is 0.844. The lowest BCUT2D eigenvalue weighted by Gasteiger charge is -2.21. The highest BCUT2D eigenvalue weighted by Crippen LogP contribution is 2.22.